The zero-order valence-corrected chi connectivity index (χ0v) is 20.1. The summed E-state index contributed by atoms with van der Waals surface area (Å²) in [5.74, 6) is 0.614. The lowest BCUT2D eigenvalue weighted by atomic mass is 10.0. The SMILES string of the molecule is [B]c1cc(-c2ccc3nc(C)n(CC(F)F)c3n2)c2c(N)nc(NCC3CN(C4COC4)C[C@@H]3F)nn12. The molecule has 2 saturated heterocycles. The number of hydrogen-bond acceptors (Lipinski definition) is 8. The van der Waals surface area contributed by atoms with E-state index in [4.69, 9.17) is 18.3 Å². The Labute approximate surface area is 211 Å². The van der Waals surface area contributed by atoms with Gasteiger partial charge in [-0.2, -0.15) is 4.98 Å². The number of alkyl halides is 3. The van der Waals surface area contributed by atoms with Crippen LogP contribution < -0.4 is 16.6 Å². The first-order valence-electron chi connectivity index (χ1n) is 12.1. The van der Waals surface area contributed by atoms with Gasteiger partial charge >= 0.3 is 0 Å². The van der Waals surface area contributed by atoms with E-state index in [1.165, 1.54) is 9.08 Å². The van der Waals surface area contributed by atoms with Gasteiger partial charge in [0.15, 0.2) is 11.5 Å². The van der Waals surface area contributed by atoms with E-state index in [0.29, 0.717) is 72.2 Å². The molecule has 2 aliphatic heterocycles. The second-order valence-electron chi connectivity index (χ2n) is 9.57. The first-order valence-corrected chi connectivity index (χ1v) is 12.1. The molecule has 2 fully saturated rings. The van der Waals surface area contributed by atoms with Gasteiger partial charge in [-0.1, -0.05) is 0 Å². The van der Waals surface area contributed by atoms with E-state index >= 15 is 0 Å². The second kappa shape index (κ2) is 9.17. The number of nitrogens with one attached hydrogen (secondary N) is 1. The summed E-state index contributed by atoms with van der Waals surface area (Å²) in [6.45, 7) is 3.81. The zero-order chi connectivity index (χ0) is 25.8. The predicted molar refractivity (Wildman–Crippen MR) is 133 cm³/mol. The largest absolute Gasteiger partial charge is 0.382 e. The molecule has 4 aromatic heterocycles. The summed E-state index contributed by atoms with van der Waals surface area (Å²) in [7, 11) is 6.24. The highest BCUT2D eigenvalue weighted by Gasteiger charge is 2.38. The number of pyridine rings is 1. The summed E-state index contributed by atoms with van der Waals surface area (Å²) in [4.78, 5) is 15.4. The molecule has 10 nitrogen and oxygen atoms in total. The highest BCUT2D eigenvalue weighted by Crippen LogP contribution is 2.29. The van der Waals surface area contributed by atoms with Crippen molar-refractivity contribution >= 4 is 41.9 Å². The molecule has 2 atom stereocenters. The van der Waals surface area contributed by atoms with Gasteiger partial charge in [-0.05, 0) is 30.7 Å². The van der Waals surface area contributed by atoms with Crippen LogP contribution in [0.1, 0.15) is 5.82 Å². The molecule has 0 aromatic carbocycles. The van der Waals surface area contributed by atoms with E-state index in [2.05, 4.69) is 30.3 Å². The van der Waals surface area contributed by atoms with Crippen molar-refractivity contribution in [2.75, 3.05) is 43.9 Å². The number of halogens is 3. The third-order valence-corrected chi connectivity index (χ3v) is 7.10. The van der Waals surface area contributed by atoms with E-state index in [9.17, 15) is 13.2 Å². The van der Waals surface area contributed by atoms with Crippen molar-refractivity contribution < 1.29 is 17.9 Å². The molecule has 6 heterocycles. The topological polar surface area (TPSA) is 111 Å². The van der Waals surface area contributed by atoms with Crippen molar-refractivity contribution in [2.45, 2.75) is 32.1 Å². The highest BCUT2D eigenvalue weighted by molar-refractivity contribution is 6.32. The van der Waals surface area contributed by atoms with Gasteiger partial charge < -0.3 is 20.4 Å². The molecule has 2 aliphatic rings. The lowest BCUT2D eigenvalue weighted by molar-refractivity contribution is -0.0590. The van der Waals surface area contributed by atoms with E-state index in [-0.39, 0.29) is 23.7 Å². The van der Waals surface area contributed by atoms with Gasteiger partial charge in [0.05, 0.1) is 31.5 Å². The highest BCUT2D eigenvalue weighted by atomic mass is 19.3. The molecule has 1 unspecified atom stereocenters. The Bertz CT molecular complexity index is 1470. The van der Waals surface area contributed by atoms with Crippen molar-refractivity contribution in [3.63, 3.8) is 0 Å². The minimum absolute atomic E-state index is 0.153. The first kappa shape index (κ1) is 24.0. The van der Waals surface area contributed by atoms with E-state index in [1.54, 1.807) is 25.1 Å². The van der Waals surface area contributed by atoms with Crippen LogP contribution in [0.3, 0.4) is 0 Å². The second-order valence-corrected chi connectivity index (χ2v) is 9.57. The minimum Gasteiger partial charge on any atom is -0.382 e. The molecule has 0 saturated carbocycles. The number of rotatable bonds is 7. The first-order chi connectivity index (χ1) is 17.8. The maximum Gasteiger partial charge on any atom is 0.256 e. The van der Waals surface area contributed by atoms with Crippen LogP contribution >= 0.6 is 0 Å². The number of ether oxygens (including phenoxy) is 1. The number of nitrogens with zero attached hydrogens (tertiary/aromatic N) is 7. The number of nitrogens with two attached hydrogens (primary N) is 1. The van der Waals surface area contributed by atoms with Crippen molar-refractivity contribution in [2.24, 2.45) is 5.92 Å². The van der Waals surface area contributed by atoms with Gasteiger partial charge in [0, 0.05) is 31.1 Å². The molecule has 192 valence electrons. The summed E-state index contributed by atoms with van der Waals surface area (Å²) in [6.07, 6.45) is -3.50. The molecule has 2 radical (unpaired) electrons. The molecule has 6 rings (SSSR count). The normalized spacial score (nSPS) is 20.9. The van der Waals surface area contributed by atoms with Crippen LogP contribution in [-0.2, 0) is 11.3 Å². The van der Waals surface area contributed by atoms with Gasteiger partial charge in [-0.3, -0.25) is 4.90 Å². The Hall–Kier alpha value is -3.39. The summed E-state index contributed by atoms with van der Waals surface area (Å²) >= 11 is 0. The van der Waals surface area contributed by atoms with Crippen LogP contribution in [0.15, 0.2) is 18.2 Å². The van der Waals surface area contributed by atoms with Crippen LogP contribution in [0, 0.1) is 12.8 Å². The van der Waals surface area contributed by atoms with Crippen LogP contribution in [-0.4, -0.2) is 93.4 Å². The minimum atomic E-state index is -2.55. The zero-order valence-electron chi connectivity index (χ0n) is 20.1. The number of hydrogen-bond donors (Lipinski definition) is 2. The number of anilines is 2. The standard InChI is InChI=1S/C23H25BF3N9O/c1-11-30-17-3-2-16(31-22(17)35(11)8-19(26)27)14-4-18(24)36-20(14)21(28)32-23(33-36)29-5-12-6-34(7-15(12)25)13-9-37-10-13/h2-4,12-13,15,19H,5-10H2,1H3,(H3,28,29,32,33)/t12?,15-/m0/s1. The number of nitrogen functional groups attached to an aromatic ring is 1. The van der Waals surface area contributed by atoms with Gasteiger partial charge in [0.25, 0.3) is 6.43 Å². The number of fused-ring (bicyclic) bond motifs is 2. The Morgan fingerprint density at radius 3 is 2.76 bits per heavy atom. The monoisotopic (exact) mass is 511 g/mol. The average molecular weight is 511 g/mol. The van der Waals surface area contributed by atoms with E-state index < -0.39 is 19.1 Å². The summed E-state index contributed by atoms with van der Waals surface area (Å²) < 4.78 is 48.9. The van der Waals surface area contributed by atoms with Crippen molar-refractivity contribution in [1.82, 2.24) is 34.0 Å². The lowest BCUT2D eigenvalue weighted by Gasteiger charge is -2.34. The van der Waals surface area contributed by atoms with Crippen molar-refractivity contribution in [3.05, 3.63) is 24.0 Å². The molecule has 0 aliphatic carbocycles. The fourth-order valence-electron chi connectivity index (χ4n) is 5.06. The molecule has 14 heteroatoms. The predicted octanol–water partition coefficient (Wildman–Crippen LogP) is 1.17. The van der Waals surface area contributed by atoms with Gasteiger partial charge in [0.1, 0.15) is 30.9 Å². The lowest BCUT2D eigenvalue weighted by Crippen LogP contribution is -2.48. The Kier molecular flexibility index (Phi) is 5.94. The number of aryl methyl sites for hydroxylation is 1. The Morgan fingerprint density at radius 2 is 2.03 bits per heavy atom. The summed E-state index contributed by atoms with van der Waals surface area (Å²) in [5, 5.41) is 7.56. The fraction of sp³-hybridized carbons (Fsp3) is 0.478. The third-order valence-electron chi connectivity index (χ3n) is 7.10. The van der Waals surface area contributed by atoms with Crippen LogP contribution in [0.25, 0.3) is 27.9 Å². The Morgan fingerprint density at radius 1 is 1.22 bits per heavy atom. The smallest absolute Gasteiger partial charge is 0.256 e. The molecule has 0 spiro atoms. The number of imidazole rings is 1. The Balaban J connectivity index is 1.28. The number of aromatic nitrogens is 6. The fourth-order valence-corrected chi connectivity index (χ4v) is 5.06. The third kappa shape index (κ3) is 4.27. The quantitative estimate of drug-likeness (QED) is 0.356. The summed E-state index contributed by atoms with van der Waals surface area (Å²) in [6, 6.07) is 5.39. The van der Waals surface area contributed by atoms with Crippen LogP contribution in [0.4, 0.5) is 24.9 Å². The molecule has 37 heavy (non-hydrogen) atoms. The molecule has 0 bridgehead atoms. The summed E-state index contributed by atoms with van der Waals surface area (Å²) in [5.41, 5.74) is 8.92. The van der Waals surface area contributed by atoms with Gasteiger partial charge in [-0.15, -0.1) is 5.10 Å². The van der Waals surface area contributed by atoms with Gasteiger partial charge in [0.2, 0.25) is 5.95 Å². The molecule has 4 aromatic rings. The maximum atomic E-state index is 14.6. The maximum absolute atomic E-state index is 14.6. The molecule has 0 amide bonds. The van der Waals surface area contributed by atoms with Crippen LogP contribution in [0.2, 0.25) is 0 Å². The van der Waals surface area contributed by atoms with E-state index in [1.807, 2.05) is 0 Å². The van der Waals surface area contributed by atoms with Crippen molar-refractivity contribution in [3.8, 4) is 11.3 Å². The molecular weight excluding hydrogens is 486 g/mol. The van der Waals surface area contributed by atoms with Gasteiger partial charge in [-0.25, -0.2) is 27.7 Å². The molecule has 3 N–H and O–H groups in total. The average Bonchev–Trinajstić information content (AvgIpc) is 3.44. The van der Waals surface area contributed by atoms with Crippen molar-refractivity contribution in [1.29, 1.82) is 0 Å². The molecular formula is C23H25BF3N9O. The number of likely N-dealkylation sites (tertiary alicyclic amines) is 1. The van der Waals surface area contributed by atoms with Crippen LogP contribution in [0.5, 0.6) is 0 Å². The van der Waals surface area contributed by atoms with E-state index in [0.717, 1.165) is 0 Å².